The van der Waals surface area contributed by atoms with Crippen LogP contribution in [0.3, 0.4) is 0 Å². The van der Waals surface area contributed by atoms with Gasteiger partial charge in [0.25, 0.3) is 0 Å². The molecule has 1 aliphatic carbocycles. The van der Waals surface area contributed by atoms with Gasteiger partial charge in [-0.3, -0.25) is 4.90 Å². The molecule has 0 amide bonds. The Morgan fingerprint density at radius 3 is 2.16 bits per heavy atom. The van der Waals surface area contributed by atoms with E-state index in [0.29, 0.717) is 5.54 Å². The molecule has 3 nitrogen and oxygen atoms in total. The van der Waals surface area contributed by atoms with Crippen molar-refractivity contribution in [3.8, 4) is 0 Å². The van der Waals surface area contributed by atoms with Gasteiger partial charge in [-0.2, -0.15) is 0 Å². The van der Waals surface area contributed by atoms with Crippen molar-refractivity contribution in [1.82, 2.24) is 15.1 Å². The second-order valence-electron chi connectivity index (χ2n) is 6.31. The molecule has 114 valence electrons. The van der Waals surface area contributed by atoms with Crippen LogP contribution in [0.4, 0.5) is 0 Å². The average molecular weight is 269 g/mol. The first-order chi connectivity index (χ1) is 9.14. The predicted molar refractivity (Wildman–Crippen MR) is 84.8 cm³/mol. The molecule has 0 spiro atoms. The van der Waals surface area contributed by atoms with E-state index in [9.17, 15) is 0 Å². The van der Waals surface area contributed by atoms with Crippen LogP contribution in [-0.2, 0) is 0 Å². The molecule has 1 rings (SSSR count). The Balaban J connectivity index is 2.59. The second kappa shape index (κ2) is 8.93. The minimum absolute atomic E-state index is 0.452. The summed E-state index contributed by atoms with van der Waals surface area (Å²) in [6, 6.07) is 0. The van der Waals surface area contributed by atoms with Crippen molar-refractivity contribution in [2.24, 2.45) is 0 Å². The first-order valence-corrected chi connectivity index (χ1v) is 8.19. The lowest BCUT2D eigenvalue weighted by atomic mass is 9.85. The summed E-state index contributed by atoms with van der Waals surface area (Å²) in [5.74, 6) is 0. The largest absolute Gasteiger partial charge is 0.320 e. The van der Waals surface area contributed by atoms with Crippen LogP contribution >= 0.6 is 0 Å². The number of hydrogen-bond acceptors (Lipinski definition) is 3. The molecule has 0 aromatic rings. The Morgan fingerprint density at radius 1 is 1.00 bits per heavy atom. The van der Waals surface area contributed by atoms with Crippen molar-refractivity contribution in [3.63, 3.8) is 0 Å². The molecule has 1 fully saturated rings. The number of rotatable bonds is 8. The Bertz CT molecular complexity index is 222. The summed E-state index contributed by atoms with van der Waals surface area (Å²) in [4.78, 5) is 5.08. The first kappa shape index (κ1) is 16.9. The van der Waals surface area contributed by atoms with E-state index in [1.54, 1.807) is 0 Å². The van der Waals surface area contributed by atoms with Crippen LogP contribution in [0.5, 0.6) is 0 Å². The van der Waals surface area contributed by atoms with Gasteiger partial charge < -0.3 is 10.2 Å². The predicted octanol–water partition coefficient (Wildman–Crippen LogP) is 2.57. The monoisotopic (exact) mass is 269 g/mol. The van der Waals surface area contributed by atoms with Crippen molar-refractivity contribution in [1.29, 1.82) is 0 Å². The van der Waals surface area contributed by atoms with E-state index < -0.39 is 0 Å². The molecule has 0 atom stereocenters. The van der Waals surface area contributed by atoms with Gasteiger partial charge in [-0.15, -0.1) is 0 Å². The van der Waals surface area contributed by atoms with Crippen LogP contribution in [0.1, 0.15) is 51.9 Å². The molecule has 0 bridgehead atoms. The Labute approximate surface area is 120 Å². The molecule has 0 aromatic heterocycles. The highest BCUT2D eigenvalue weighted by atomic mass is 15.2. The third kappa shape index (κ3) is 5.41. The van der Waals surface area contributed by atoms with Gasteiger partial charge in [0.1, 0.15) is 0 Å². The molecule has 1 aliphatic rings. The van der Waals surface area contributed by atoms with Gasteiger partial charge in [-0.25, -0.2) is 0 Å². The zero-order valence-corrected chi connectivity index (χ0v) is 13.7. The van der Waals surface area contributed by atoms with Gasteiger partial charge in [0.15, 0.2) is 0 Å². The van der Waals surface area contributed by atoms with Crippen molar-refractivity contribution in [3.05, 3.63) is 0 Å². The quantitative estimate of drug-likeness (QED) is 0.683. The van der Waals surface area contributed by atoms with E-state index in [2.05, 4.69) is 43.2 Å². The fraction of sp³-hybridized carbons (Fsp3) is 1.00. The lowest BCUT2D eigenvalue weighted by Crippen LogP contribution is -2.50. The summed E-state index contributed by atoms with van der Waals surface area (Å²) in [6.45, 7) is 6.93. The fourth-order valence-corrected chi connectivity index (χ4v) is 3.28. The Kier molecular flexibility index (Phi) is 7.96. The average Bonchev–Trinajstić information content (AvgIpc) is 2.68. The zero-order valence-electron chi connectivity index (χ0n) is 13.7. The number of nitrogens with one attached hydrogen (secondary N) is 1. The molecule has 0 aromatic carbocycles. The topological polar surface area (TPSA) is 18.5 Å². The van der Waals surface area contributed by atoms with Crippen molar-refractivity contribution in [2.45, 2.75) is 57.4 Å². The number of nitrogens with zero attached hydrogens (tertiary/aromatic N) is 2. The number of hydrogen-bond donors (Lipinski definition) is 1. The maximum absolute atomic E-state index is 3.35. The molecule has 0 heterocycles. The maximum Gasteiger partial charge on any atom is 0.0219 e. The van der Waals surface area contributed by atoms with E-state index in [-0.39, 0.29) is 0 Å². The zero-order chi connectivity index (χ0) is 14.1. The first-order valence-electron chi connectivity index (χ1n) is 8.19. The summed E-state index contributed by atoms with van der Waals surface area (Å²) in [5.41, 5.74) is 0.452. The molecular formula is C16H35N3. The maximum atomic E-state index is 3.35. The fourth-order valence-electron chi connectivity index (χ4n) is 3.28. The van der Waals surface area contributed by atoms with Gasteiger partial charge >= 0.3 is 0 Å². The summed E-state index contributed by atoms with van der Waals surface area (Å²) in [7, 11) is 6.65. The highest BCUT2D eigenvalue weighted by Crippen LogP contribution is 2.34. The minimum atomic E-state index is 0.452. The molecule has 0 aliphatic heterocycles. The van der Waals surface area contributed by atoms with Crippen LogP contribution in [0.2, 0.25) is 0 Å². The summed E-state index contributed by atoms with van der Waals surface area (Å²) < 4.78 is 0. The standard InChI is InChI=1S/C16H35N3/c1-5-18(3)14-15-19(4)16(12-13-17-2)10-8-6-7-9-11-16/h17H,5-15H2,1-4H3. The van der Waals surface area contributed by atoms with Crippen LogP contribution in [0.25, 0.3) is 0 Å². The Morgan fingerprint density at radius 2 is 1.63 bits per heavy atom. The van der Waals surface area contributed by atoms with E-state index in [0.717, 1.165) is 13.1 Å². The van der Waals surface area contributed by atoms with Gasteiger partial charge in [0.2, 0.25) is 0 Å². The molecule has 1 N–H and O–H groups in total. The van der Waals surface area contributed by atoms with E-state index in [1.807, 2.05) is 0 Å². The van der Waals surface area contributed by atoms with E-state index in [4.69, 9.17) is 0 Å². The summed E-state index contributed by atoms with van der Waals surface area (Å²) in [5, 5.41) is 3.35. The molecule has 0 unspecified atom stereocenters. The molecule has 0 radical (unpaired) electrons. The molecule has 0 saturated heterocycles. The van der Waals surface area contributed by atoms with Crippen LogP contribution in [0, 0.1) is 0 Å². The van der Waals surface area contributed by atoms with Crippen molar-refractivity contribution < 1.29 is 0 Å². The van der Waals surface area contributed by atoms with Crippen LogP contribution in [0.15, 0.2) is 0 Å². The van der Waals surface area contributed by atoms with Crippen LogP contribution < -0.4 is 5.32 Å². The van der Waals surface area contributed by atoms with Gasteiger partial charge in [-0.05, 0) is 53.5 Å². The Hall–Kier alpha value is -0.120. The van der Waals surface area contributed by atoms with Gasteiger partial charge in [0, 0.05) is 18.6 Å². The summed E-state index contributed by atoms with van der Waals surface area (Å²) >= 11 is 0. The van der Waals surface area contributed by atoms with Gasteiger partial charge in [0.05, 0.1) is 0 Å². The highest BCUT2D eigenvalue weighted by molar-refractivity contribution is 4.91. The van der Waals surface area contributed by atoms with E-state index >= 15 is 0 Å². The highest BCUT2D eigenvalue weighted by Gasteiger charge is 2.34. The van der Waals surface area contributed by atoms with Crippen molar-refractivity contribution in [2.75, 3.05) is 47.3 Å². The smallest absolute Gasteiger partial charge is 0.0219 e. The molecule has 19 heavy (non-hydrogen) atoms. The van der Waals surface area contributed by atoms with Crippen LogP contribution in [-0.4, -0.2) is 62.7 Å². The summed E-state index contributed by atoms with van der Waals surface area (Å²) in [6.07, 6.45) is 9.78. The lowest BCUT2D eigenvalue weighted by Gasteiger charge is -2.42. The molecule has 1 saturated carbocycles. The molecule has 3 heteroatoms. The van der Waals surface area contributed by atoms with Crippen molar-refractivity contribution >= 4 is 0 Å². The third-order valence-corrected chi connectivity index (χ3v) is 5.04. The SMILES string of the molecule is CCN(C)CCN(C)C1(CCNC)CCCCCC1. The normalized spacial score (nSPS) is 19.9. The second-order valence-corrected chi connectivity index (χ2v) is 6.31. The van der Waals surface area contributed by atoms with E-state index in [1.165, 1.54) is 58.0 Å². The third-order valence-electron chi connectivity index (χ3n) is 5.04. The number of likely N-dealkylation sites (N-methyl/N-ethyl adjacent to an activating group) is 2. The van der Waals surface area contributed by atoms with Gasteiger partial charge in [-0.1, -0.05) is 32.6 Å². The lowest BCUT2D eigenvalue weighted by molar-refractivity contribution is 0.0811. The molecular weight excluding hydrogens is 234 g/mol. The minimum Gasteiger partial charge on any atom is -0.320 e.